The Morgan fingerprint density at radius 2 is 1.96 bits per heavy atom. The fourth-order valence-electron chi connectivity index (χ4n) is 2.27. The number of epoxide rings is 1. The lowest BCUT2D eigenvalue weighted by atomic mass is 10.1. The van der Waals surface area contributed by atoms with Gasteiger partial charge in [0.2, 0.25) is 10.0 Å². The van der Waals surface area contributed by atoms with Crippen LogP contribution in [0.4, 0.5) is 18.0 Å². The summed E-state index contributed by atoms with van der Waals surface area (Å²) < 4.78 is 79.9. The molecule has 11 heteroatoms. The van der Waals surface area contributed by atoms with Crippen molar-refractivity contribution >= 4 is 16.2 Å². The van der Waals surface area contributed by atoms with Crippen LogP contribution in [-0.4, -0.2) is 58.4 Å². The monoisotopic (exact) mass is 411 g/mol. The first-order valence-corrected chi connectivity index (χ1v) is 9.56. The van der Waals surface area contributed by atoms with Crippen molar-refractivity contribution in [2.24, 2.45) is 0 Å². The van der Waals surface area contributed by atoms with Gasteiger partial charge in [0.25, 0.3) is 0 Å². The molecule has 1 aliphatic rings. The second-order valence-electron chi connectivity index (χ2n) is 5.89. The van der Waals surface area contributed by atoms with Crippen LogP contribution in [0.5, 0.6) is 0 Å². The first-order valence-electron chi connectivity index (χ1n) is 8.12. The summed E-state index contributed by atoms with van der Waals surface area (Å²) in [6, 6.07) is 2.57. The molecular formula is C16H20F3NO6S. The molecule has 0 aliphatic carbocycles. The third-order valence-electron chi connectivity index (χ3n) is 3.74. The number of benzene rings is 1. The summed E-state index contributed by atoms with van der Waals surface area (Å²) in [4.78, 5) is 10.7. The number of carbonyl (C=O) groups excluding carboxylic acids is 1. The first-order chi connectivity index (χ1) is 12.5. The summed E-state index contributed by atoms with van der Waals surface area (Å²) in [7, 11) is -2.85. The molecule has 1 fully saturated rings. The van der Waals surface area contributed by atoms with Gasteiger partial charge in [-0.25, -0.2) is 13.2 Å². The Morgan fingerprint density at radius 3 is 2.52 bits per heavy atom. The van der Waals surface area contributed by atoms with E-state index in [1.807, 2.05) is 0 Å². The topological polar surface area (TPSA) is 85.4 Å². The van der Waals surface area contributed by atoms with E-state index in [-0.39, 0.29) is 37.8 Å². The average molecular weight is 411 g/mol. The van der Waals surface area contributed by atoms with E-state index in [2.05, 4.69) is 4.74 Å². The molecule has 0 amide bonds. The van der Waals surface area contributed by atoms with Crippen LogP contribution >= 0.6 is 0 Å². The number of hydrogen-bond acceptors (Lipinski definition) is 6. The van der Waals surface area contributed by atoms with Crippen molar-refractivity contribution in [3.63, 3.8) is 0 Å². The average Bonchev–Trinajstić information content (AvgIpc) is 3.38. The van der Waals surface area contributed by atoms with Gasteiger partial charge >= 0.3 is 12.3 Å². The van der Waals surface area contributed by atoms with E-state index in [0.29, 0.717) is 12.7 Å². The van der Waals surface area contributed by atoms with E-state index in [1.165, 1.54) is 7.05 Å². The number of carbonyl (C=O) groups is 1. The van der Waals surface area contributed by atoms with Gasteiger partial charge < -0.3 is 14.2 Å². The summed E-state index contributed by atoms with van der Waals surface area (Å²) in [6.45, 7) is 1.90. The smallest absolute Gasteiger partial charge is 0.435 e. The Labute approximate surface area is 155 Å². The van der Waals surface area contributed by atoms with E-state index in [0.717, 1.165) is 16.4 Å². The van der Waals surface area contributed by atoms with E-state index in [9.17, 15) is 26.4 Å². The molecule has 1 unspecified atom stereocenters. The summed E-state index contributed by atoms with van der Waals surface area (Å²) >= 11 is 0. The quantitative estimate of drug-likeness (QED) is 0.483. The van der Waals surface area contributed by atoms with Gasteiger partial charge in [0.15, 0.2) is 0 Å². The van der Waals surface area contributed by atoms with Crippen LogP contribution in [-0.2, 0) is 36.8 Å². The molecule has 1 aliphatic heterocycles. The van der Waals surface area contributed by atoms with Gasteiger partial charge in [-0.1, -0.05) is 0 Å². The van der Waals surface area contributed by atoms with E-state index in [4.69, 9.17) is 9.47 Å². The van der Waals surface area contributed by atoms with E-state index in [1.54, 1.807) is 6.92 Å². The van der Waals surface area contributed by atoms with Crippen LogP contribution in [0, 0.1) is 0 Å². The number of hydrogen-bond donors (Lipinski definition) is 0. The van der Waals surface area contributed by atoms with Crippen molar-refractivity contribution in [1.82, 2.24) is 4.31 Å². The summed E-state index contributed by atoms with van der Waals surface area (Å²) in [5.41, 5.74) is -1.02. The second kappa shape index (κ2) is 8.44. The summed E-state index contributed by atoms with van der Waals surface area (Å²) in [6.07, 6.45) is -6.00. The minimum Gasteiger partial charge on any atom is -0.435 e. The van der Waals surface area contributed by atoms with Gasteiger partial charge in [0.1, 0.15) is 0 Å². The van der Waals surface area contributed by atoms with Crippen LogP contribution in [0.3, 0.4) is 0 Å². The SMILES string of the molecule is CCOC(=O)OCCc1cc(C(F)(F)F)cc(S(=O)(=O)N(C)CC2CO2)c1. The van der Waals surface area contributed by atoms with Crippen molar-refractivity contribution in [2.45, 2.75) is 30.5 Å². The third kappa shape index (κ3) is 6.08. The largest absolute Gasteiger partial charge is 0.508 e. The molecule has 1 heterocycles. The molecule has 1 aromatic carbocycles. The highest BCUT2D eigenvalue weighted by atomic mass is 32.2. The number of sulfonamides is 1. The second-order valence-corrected chi connectivity index (χ2v) is 7.93. The number of halogens is 3. The minimum absolute atomic E-state index is 0.0554. The highest BCUT2D eigenvalue weighted by molar-refractivity contribution is 7.89. The van der Waals surface area contributed by atoms with E-state index < -0.39 is 32.8 Å². The standard InChI is InChI=1S/C16H20F3NO6S/c1-3-24-15(21)25-5-4-11-6-12(16(17,18)19)8-14(7-11)27(22,23)20(2)9-13-10-26-13/h6-8,13H,3-5,9-10H2,1-2H3. The Bertz CT molecular complexity index is 777. The molecule has 1 aromatic rings. The molecule has 27 heavy (non-hydrogen) atoms. The lowest BCUT2D eigenvalue weighted by Gasteiger charge is -2.18. The van der Waals surface area contributed by atoms with Crippen LogP contribution in [0.1, 0.15) is 18.1 Å². The predicted molar refractivity (Wildman–Crippen MR) is 87.7 cm³/mol. The lowest BCUT2D eigenvalue weighted by Crippen LogP contribution is -2.31. The molecule has 7 nitrogen and oxygen atoms in total. The van der Waals surface area contributed by atoms with Crippen LogP contribution in [0.2, 0.25) is 0 Å². The number of rotatable bonds is 8. The van der Waals surface area contributed by atoms with Gasteiger partial charge in [-0.05, 0) is 30.7 Å². The molecule has 0 spiro atoms. The van der Waals surface area contributed by atoms with Crippen molar-refractivity contribution in [2.75, 3.05) is 33.4 Å². The molecule has 152 valence electrons. The number of alkyl halides is 3. The fourth-order valence-corrected chi connectivity index (χ4v) is 3.57. The van der Waals surface area contributed by atoms with Gasteiger partial charge in [-0.2, -0.15) is 17.5 Å². The van der Waals surface area contributed by atoms with Crippen molar-refractivity contribution in [1.29, 1.82) is 0 Å². The van der Waals surface area contributed by atoms with Gasteiger partial charge in [0, 0.05) is 20.0 Å². The maximum absolute atomic E-state index is 13.2. The molecule has 0 aromatic heterocycles. The molecule has 0 bridgehead atoms. The van der Waals surface area contributed by atoms with Crippen molar-refractivity contribution < 1.29 is 40.6 Å². The Kier molecular flexibility index (Phi) is 6.71. The minimum atomic E-state index is -4.72. The fraction of sp³-hybridized carbons (Fsp3) is 0.562. The molecule has 0 radical (unpaired) electrons. The third-order valence-corrected chi connectivity index (χ3v) is 5.54. The number of ether oxygens (including phenoxy) is 3. The first kappa shape index (κ1) is 21.5. The predicted octanol–water partition coefficient (Wildman–Crippen LogP) is 2.44. The number of likely N-dealkylation sites (N-methyl/N-ethyl adjacent to an activating group) is 1. The van der Waals surface area contributed by atoms with Gasteiger partial charge in [-0.15, -0.1) is 0 Å². The molecular weight excluding hydrogens is 391 g/mol. The van der Waals surface area contributed by atoms with Gasteiger partial charge in [-0.3, -0.25) is 0 Å². The van der Waals surface area contributed by atoms with Crippen LogP contribution < -0.4 is 0 Å². The van der Waals surface area contributed by atoms with Crippen molar-refractivity contribution in [3.05, 3.63) is 29.3 Å². The Morgan fingerprint density at radius 1 is 1.30 bits per heavy atom. The maximum Gasteiger partial charge on any atom is 0.508 e. The molecule has 0 saturated carbocycles. The maximum atomic E-state index is 13.2. The molecule has 0 N–H and O–H groups in total. The zero-order valence-electron chi connectivity index (χ0n) is 14.8. The molecule has 2 rings (SSSR count). The molecule has 1 atom stereocenters. The lowest BCUT2D eigenvalue weighted by molar-refractivity contribution is -0.137. The Balaban J connectivity index is 2.24. The summed E-state index contributed by atoms with van der Waals surface area (Å²) in [5, 5.41) is 0. The normalized spacial score (nSPS) is 17.0. The highest BCUT2D eigenvalue weighted by Gasteiger charge is 2.35. The summed E-state index contributed by atoms with van der Waals surface area (Å²) in [5.74, 6) is 0. The van der Waals surface area contributed by atoms with E-state index >= 15 is 0 Å². The zero-order valence-corrected chi connectivity index (χ0v) is 15.6. The number of nitrogens with zero attached hydrogens (tertiary/aromatic N) is 1. The highest BCUT2D eigenvalue weighted by Crippen LogP contribution is 2.32. The zero-order chi connectivity index (χ0) is 20.2. The Hall–Kier alpha value is -1.85. The van der Waals surface area contributed by atoms with Crippen molar-refractivity contribution in [3.8, 4) is 0 Å². The van der Waals surface area contributed by atoms with Gasteiger partial charge in [0.05, 0.1) is 36.4 Å². The van der Waals surface area contributed by atoms with Crippen LogP contribution in [0.15, 0.2) is 23.1 Å². The van der Waals surface area contributed by atoms with Crippen LogP contribution in [0.25, 0.3) is 0 Å². The molecule has 1 saturated heterocycles.